The lowest BCUT2D eigenvalue weighted by atomic mass is 9.32. The molecule has 314 valence electrons. The second kappa shape index (κ2) is 14.1. The summed E-state index contributed by atoms with van der Waals surface area (Å²) in [6, 6.07) is 60.9. The van der Waals surface area contributed by atoms with Gasteiger partial charge >= 0.3 is 0 Å². The second-order valence-corrected chi connectivity index (χ2v) is 19.8. The van der Waals surface area contributed by atoms with Crippen molar-refractivity contribution in [2.45, 2.75) is 55.4 Å². The van der Waals surface area contributed by atoms with Gasteiger partial charge in [-0.05, 0) is 148 Å². The van der Waals surface area contributed by atoms with E-state index < -0.39 is 0 Å². The number of rotatable bonds is 4. The molecule has 0 saturated carbocycles. The Morgan fingerprint density at radius 3 is 1.27 bits per heavy atom. The Bertz CT molecular complexity index is 3860. The summed E-state index contributed by atoms with van der Waals surface area (Å²) in [4.78, 5) is 0. The van der Waals surface area contributed by atoms with Crippen LogP contribution < -0.4 is 32.8 Å². The average Bonchev–Trinajstić information content (AvgIpc) is 3.80. The van der Waals surface area contributed by atoms with E-state index in [0.29, 0.717) is 0 Å². The number of benzene rings is 9. The zero-order valence-corrected chi connectivity index (χ0v) is 39.1. The van der Waals surface area contributed by atoms with Crippen LogP contribution >= 0.6 is 0 Å². The summed E-state index contributed by atoms with van der Waals surface area (Å²) >= 11 is 0. The lowest BCUT2D eigenvalue weighted by Gasteiger charge is -2.34. The molecular weight excluding hydrogens is 794 g/mol. The highest BCUT2D eigenvalue weighted by atomic mass is 15.0. The zero-order valence-electron chi connectivity index (χ0n) is 39.1. The van der Waals surface area contributed by atoms with Gasteiger partial charge in [0.1, 0.15) is 0 Å². The van der Waals surface area contributed by atoms with Gasteiger partial charge in [0.25, 0.3) is 0 Å². The predicted molar refractivity (Wildman–Crippen MR) is 286 cm³/mol. The van der Waals surface area contributed by atoms with E-state index in [2.05, 4.69) is 222 Å². The third-order valence-corrected chi connectivity index (χ3v) is 15.3. The van der Waals surface area contributed by atoms with Crippen molar-refractivity contribution < 1.29 is 0 Å². The van der Waals surface area contributed by atoms with Gasteiger partial charge in [0.05, 0.1) is 11.0 Å². The first kappa shape index (κ1) is 39.1. The SMILES string of the molecule is Cc1cc(C)c(B2c3cc4c(cc3-n3c5ccc(-c6ccccc6)cc5c5cc(C)cc2c53)B(c2c(C)cc(C)cc2C)c2cc(-c3ccccc3)cc3c5cc(C)ccc5n-4c23)c(C)c1. The van der Waals surface area contributed by atoms with Crippen LogP contribution in [0.1, 0.15) is 44.5 Å². The fourth-order valence-corrected chi connectivity index (χ4v) is 12.9. The highest BCUT2D eigenvalue weighted by molar-refractivity contribution is 7.00. The van der Waals surface area contributed by atoms with Gasteiger partial charge < -0.3 is 9.13 Å². The molecule has 4 heterocycles. The summed E-state index contributed by atoms with van der Waals surface area (Å²) in [5.41, 5.74) is 31.5. The fraction of sp³-hybridized carbons (Fsp3) is 0.129. The molecule has 0 bridgehead atoms. The van der Waals surface area contributed by atoms with E-state index in [4.69, 9.17) is 0 Å². The highest BCUT2D eigenvalue weighted by Gasteiger charge is 2.41. The van der Waals surface area contributed by atoms with Crippen molar-refractivity contribution in [2.24, 2.45) is 0 Å². The van der Waals surface area contributed by atoms with Crippen LogP contribution in [0.3, 0.4) is 0 Å². The van der Waals surface area contributed by atoms with Gasteiger partial charge in [-0.2, -0.15) is 0 Å². The standard InChI is InChI=1S/C62H50B2N2/c1-35-19-21-55-47(27-35)50-31-46(44-17-13-10-14-18-44)32-54-62(50)65(55)58-33-51-57(34-52(58)64(54)60-41(7)25-37(3)26-42(60)8)66-56-22-20-45(43-15-11-9-12-16-43)30-48(56)49-28-38(4)29-53(61(49)66)63(51)59-39(5)23-36(2)24-40(59)6/h9-34H,1-8H3. The van der Waals surface area contributed by atoms with Crippen LogP contribution in [0.15, 0.2) is 158 Å². The van der Waals surface area contributed by atoms with Crippen molar-refractivity contribution in [2.75, 3.05) is 0 Å². The monoisotopic (exact) mass is 844 g/mol. The van der Waals surface area contributed by atoms with Crippen molar-refractivity contribution in [3.8, 4) is 33.6 Å². The highest BCUT2D eigenvalue weighted by Crippen LogP contribution is 2.40. The van der Waals surface area contributed by atoms with Crippen LogP contribution in [0.2, 0.25) is 0 Å². The van der Waals surface area contributed by atoms with Gasteiger partial charge in [-0.1, -0.05) is 165 Å². The number of aromatic nitrogens is 2. The summed E-state index contributed by atoms with van der Waals surface area (Å²) in [5.74, 6) is 0. The molecule has 0 aliphatic carbocycles. The van der Waals surface area contributed by atoms with E-state index in [0.717, 1.165) is 0 Å². The molecule has 0 fully saturated rings. The van der Waals surface area contributed by atoms with E-state index in [1.165, 1.54) is 155 Å². The van der Waals surface area contributed by atoms with Crippen LogP contribution in [-0.4, -0.2) is 22.6 Å². The normalized spacial score (nSPS) is 12.8. The van der Waals surface area contributed by atoms with Gasteiger partial charge in [-0.15, -0.1) is 0 Å². The first-order valence-corrected chi connectivity index (χ1v) is 23.6. The van der Waals surface area contributed by atoms with E-state index >= 15 is 0 Å². The van der Waals surface area contributed by atoms with Crippen molar-refractivity contribution >= 4 is 89.8 Å². The first-order valence-electron chi connectivity index (χ1n) is 23.6. The van der Waals surface area contributed by atoms with Crippen LogP contribution in [0.5, 0.6) is 0 Å². The van der Waals surface area contributed by atoms with Crippen LogP contribution in [0, 0.1) is 55.4 Å². The molecule has 66 heavy (non-hydrogen) atoms. The van der Waals surface area contributed by atoms with E-state index in [9.17, 15) is 0 Å². The van der Waals surface area contributed by atoms with Crippen LogP contribution in [0.4, 0.5) is 0 Å². The minimum absolute atomic E-state index is 0.00214. The maximum Gasteiger partial charge on any atom is 0.247 e. The molecule has 11 aromatic rings. The Morgan fingerprint density at radius 1 is 0.303 bits per heavy atom. The molecule has 9 aromatic carbocycles. The summed E-state index contributed by atoms with van der Waals surface area (Å²) in [6.45, 7) is 18.4. The van der Waals surface area contributed by atoms with E-state index in [1.54, 1.807) is 0 Å². The number of hydrogen-bond acceptors (Lipinski definition) is 0. The van der Waals surface area contributed by atoms with Gasteiger partial charge in [0.15, 0.2) is 0 Å². The zero-order chi connectivity index (χ0) is 44.9. The van der Waals surface area contributed by atoms with Crippen molar-refractivity contribution in [1.29, 1.82) is 0 Å². The molecule has 0 amide bonds. The van der Waals surface area contributed by atoms with Gasteiger partial charge in [0, 0.05) is 44.0 Å². The lowest BCUT2D eigenvalue weighted by Crippen LogP contribution is -2.61. The molecule has 0 atom stereocenters. The summed E-state index contributed by atoms with van der Waals surface area (Å²) in [5, 5.41) is 5.24. The van der Waals surface area contributed by atoms with Crippen LogP contribution in [0.25, 0.3) is 77.2 Å². The number of nitrogens with zero attached hydrogens (tertiary/aromatic N) is 2. The van der Waals surface area contributed by atoms with Gasteiger partial charge in [-0.25, -0.2) is 0 Å². The van der Waals surface area contributed by atoms with Crippen LogP contribution in [-0.2, 0) is 0 Å². The Hall–Kier alpha value is -7.29. The summed E-state index contributed by atoms with van der Waals surface area (Å²) in [7, 11) is 0. The third kappa shape index (κ3) is 5.51. The number of fused-ring (bicyclic) bond motifs is 10. The van der Waals surface area contributed by atoms with Gasteiger partial charge in [0.2, 0.25) is 13.4 Å². The molecule has 13 rings (SSSR count). The second-order valence-electron chi connectivity index (χ2n) is 19.8. The summed E-state index contributed by atoms with van der Waals surface area (Å²) in [6.07, 6.45) is 0. The van der Waals surface area contributed by atoms with Crippen molar-refractivity contribution in [3.05, 3.63) is 202 Å². The minimum atomic E-state index is -0.00214. The Balaban J connectivity index is 1.22. The van der Waals surface area contributed by atoms with Gasteiger partial charge in [-0.3, -0.25) is 0 Å². The quantitative estimate of drug-likeness (QED) is 0.156. The maximum absolute atomic E-state index is 2.65. The lowest BCUT2D eigenvalue weighted by molar-refractivity contribution is 1.16. The Morgan fingerprint density at radius 2 is 0.727 bits per heavy atom. The molecule has 2 nitrogen and oxygen atoms in total. The average molecular weight is 845 g/mol. The maximum atomic E-state index is 2.65. The number of aryl methyl sites for hydroxylation is 8. The molecule has 4 heteroatoms. The number of hydrogen-bond donors (Lipinski definition) is 0. The molecule has 0 saturated heterocycles. The molecule has 0 spiro atoms. The predicted octanol–water partition coefficient (Wildman–Crippen LogP) is 11.3. The molecule has 2 aliphatic heterocycles. The molecule has 0 unspecified atom stereocenters. The van der Waals surface area contributed by atoms with E-state index in [-0.39, 0.29) is 13.4 Å². The van der Waals surface area contributed by atoms with Crippen molar-refractivity contribution in [3.63, 3.8) is 0 Å². The summed E-state index contributed by atoms with van der Waals surface area (Å²) < 4.78 is 5.29. The smallest absolute Gasteiger partial charge is 0.247 e. The molecule has 0 radical (unpaired) electrons. The van der Waals surface area contributed by atoms with E-state index in [1.807, 2.05) is 0 Å². The Kier molecular flexibility index (Phi) is 8.36. The topological polar surface area (TPSA) is 9.86 Å². The minimum Gasteiger partial charge on any atom is -0.310 e. The molecular formula is C62H50B2N2. The molecule has 2 aromatic heterocycles. The Labute approximate surface area is 388 Å². The third-order valence-electron chi connectivity index (χ3n) is 15.3. The molecule has 2 aliphatic rings. The fourth-order valence-electron chi connectivity index (χ4n) is 12.9. The first-order chi connectivity index (χ1) is 32.0. The molecule has 0 N–H and O–H groups in total. The largest absolute Gasteiger partial charge is 0.310 e. The van der Waals surface area contributed by atoms with Crippen molar-refractivity contribution in [1.82, 2.24) is 9.13 Å².